The molecule has 0 radical (unpaired) electrons. The van der Waals surface area contributed by atoms with Crippen LogP contribution < -0.4 is 5.32 Å². The van der Waals surface area contributed by atoms with Gasteiger partial charge in [0.2, 0.25) is 0 Å². The largest absolute Gasteiger partial charge is 0.396 e. The molecule has 0 aliphatic carbocycles. The van der Waals surface area contributed by atoms with E-state index < -0.39 is 11.0 Å². The Balaban J connectivity index is 2.28. The van der Waals surface area contributed by atoms with Gasteiger partial charge in [-0.2, -0.15) is 5.10 Å². The van der Waals surface area contributed by atoms with Crippen LogP contribution in [0, 0.1) is 16.0 Å². The molecule has 0 fully saturated rings. The molecule has 2 unspecified atom stereocenters. The summed E-state index contributed by atoms with van der Waals surface area (Å²) in [5.74, 6) is 0.387. The van der Waals surface area contributed by atoms with Crippen molar-refractivity contribution in [3.8, 4) is 0 Å². The normalized spacial score (nSPS) is 14.2. The molecule has 2 atom stereocenters. The van der Waals surface area contributed by atoms with Gasteiger partial charge in [-0.3, -0.25) is 14.8 Å². The summed E-state index contributed by atoms with van der Waals surface area (Å²) in [4.78, 5) is 9.98. The Hall–Kier alpha value is -1.51. The number of hydrogen-bond donors (Lipinski definition) is 3. The van der Waals surface area contributed by atoms with Gasteiger partial charge in [-0.25, -0.2) is 0 Å². The summed E-state index contributed by atoms with van der Waals surface area (Å²) in [6.45, 7) is 3.54. The summed E-state index contributed by atoms with van der Waals surface area (Å²) in [6, 6.07) is 0. The number of aliphatic hydroxyl groups excluding tert-OH is 2. The van der Waals surface area contributed by atoms with Crippen LogP contribution in [-0.4, -0.2) is 50.7 Å². The number of nitrogens with zero attached hydrogens (tertiary/aromatic N) is 3. The Labute approximate surface area is 117 Å². The van der Waals surface area contributed by atoms with Crippen molar-refractivity contribution < 1.29 is 15.1 Å². The molecule has 1 aromatic heterocycles. The predicted molar refractivity (Wildman–Crippen MR) is 73.2 cm³/mol. The number of nitro groups is 1. The molecule has 0 amide bonds. The van der Waals surface area contributed by atoms with E-state index in [1.165, 1.54) is 10.9 Å². The maximum Gasteiger partial charge on any atom is 0.306 e. The van der Waals surface area contributed by atoms with Crippen molar-refractivity contribution in [2.45, 2.75) is 32.4 Å². The van der Waals surface area contributed by atoms with Crippen LogP contribution in [-0.2, 0) is 6.54 Å². The van der Waals surface area contributed by atoms with Crippen LogP contribution >= 0.6 is 0 Å². The molecule has 0 bridgehead atoms. The Morgan fingerprint density at radius 3 is 2.85 bits per heavy atom. The van der Waals surface area contributed by atoms with E-state index in [0.29, 0.717) is 12.5 Å². The van der Waals surface area contributed by atoms with E-state index in [1.54, 1.807) is 0 Å². The van der Waals surface area contributed by atoms with E-state index in [4.69, 9.17) is 5.11 Å². The fraction of sp³-hybridized carbons (Fsp3) is 0.750. The molecule has 0 spiro atoms. The second-order valence-electron chi connectivity index (χ2n) is 4.78. The summed E-state index contributed by atoms with van der Waals surface area (Å²) >= 11 is 0. The molecule has 1 aromatic rings. The fourth-order valence-corrected chi connectivity index (χ4v) is 1.91. The zero-order chi connectivity index (χ0) is 15.0. The second-order valence-corrected chi connectivity index (χ2v) is 4.78. The number of aromatic nitrogens is 2. The molecule has 1 rings (SSSR count). The number of aliphatic hydroxyl groups is 2. The first kappa shape index (κ1) is 16.5. The third-order valence-electron chi connectivity index (χ3n) is 3.16. The summed E-state index contributed by atoms with van der Waals surface area (Å²) in [7, 11) is 0. The van der Waals surface area contributed by atoms with Gasteiger partial charge in [-0.15, -0.1) is 0 Å². The van der Waals surface area contributed by atoms with Crippen molar-refractivity contribution in [2.75, 3.05) is 19.7 Å². The Bertz CT molecular complexity index is 410. The third-order valence-corrected chi connectivity index (χ3v) is 3.16. The molecule has 0 aliphatic heterocycles. The third kappa shape index (κ3) is 5.64. The minimum atomic E-state index is -0.666. The maximum absolute atomic E-state index is 10.5. The minimum absolute atomic E-state index is 0.0841. The monoisotopic (exact) mass is 286 g/mol. The van der Waals surface area contributed by atoms with Crippen LogP contribution in [0.25, 0.3) is 0 Å². The Morgan fingerprint density at radius 2 is 2.30 bits per heavy atom. The predicted octanol–water partition coefficient (Wildman–Crippen LogP) is 0.150. The number of rotatable bonds is 10. The maximum atomic E-state index is 10.5. The zero-order valence-electron chi connectivity index (χ0n) is 11.6. The van der Waals surface area contributed by atoms with Gasteiger partial charge in [0.25, 0.3) is 0 Å². The van der Waals surface area contributed by atoms with Crippen molar-refractivity contribution >= 4 is 5.69 Å². The summed E-state index contributed by atoms with van der Waals surface area (Å²) in [5, 5.41) is 36.2. The van der Waals surface area contributed by atoms with Crippen LogP contribution in [0.4, 0.5) is 5.69 Å². The van der Waals surface area contributed by atoms with Gasteiger partial charge in [0, 0.05) is 13.2 Å². The van der Waals surface area contributed by atoms with Gasteiger partial charge in [0.15, 0.2) is 0 Å². The standard InChI is InChI=1S/C12H22N4O4/c1-2-10(3-4-17)5-13-7-12(18)9-15-8-11(6-14-15)16(19)20/h6,8,10,12-13,17-18H,2-5,7,9H2,1H3. The highest BCUT2D eigenvalue weighted by molar-refractivity contribution is 5.20. The molecular formula is C12H22N4O4. The van der Waals surface area contributed by atoms with Gasteiger partial charge in [-0.1, -0.05) is 13.3 Å². The first-order valence-corrected chi connectivity index (χ1v) is 6.73. The minimum Gasteiger partial charge on any atom is -0.396 e. The van der Waals surface area contributed by atoms with Crippen LogP contribution in [0.5, 0.6) is 0 Å². The zero-order valence-corrected chi connectivity index (χ0v) is 11.6. The van der Waals surface area contributed by atoms with Crippen molar-refractivity contribution in [3.05, 3.63) is 22.5 Å². The van der Waals surface area contributed by atoms with E-state index in [0.717, 1.165) is 25.6 Å². The van der Waals surface area contributed by atoms with Crippen LogP contribution in [0.3, 0.4) is 0 Å². The molecule has 8 heteroatoms. The van der Waals surface area contributed by atoms with E-state index in [1.807, 2.05) is 0 Å². The van der Waals surface area contributed by atoms with E-state index in [2.05, 4.69) is 17.3 Å². The fourth-order valence-electron chi connectivity index (χ4n) is 1.91. The lowest BCUT2D eigenvalue weighted by Crippen LogP contribution is -2.33. The van der Waals surface area contributed by atoms with Crippen LogP contribution in [0.15, 0.2) is 12.4 Å². The lowest BCUT2D eigenvalue weighted by molar-refractivity contribution is -0.385. The highest BCUT2D eigenvalue weighted by Gasteiger charge is 2.12. The molecule has 0 aliphatic rings. The average Bonchev–Trinajstić information content (AvgIpc) is 2.86. The summed E-state index contributed by atoms with van der Waals surface area (Å²) in [6.07, 6.45) is 3.50. The van der Waals surface area contributed by atoms with Crippen molar-refractivity contribution in [1.29, 1.82) is 0 Å². The SMILES string of the molecule is CCC(CCO)CNCC(O)Cn1cc([N+](=O)[O-])cn1. The Kier molecular flexibility index (Phi) is 7.13. The molecule has 0 aromatic carbocycles. The van der Waals surface area contributed by atoms with Gasteiger partial charge >= 0.3 is 5.69 Å². The van der Waals surface area contributed by atoms with Crippen molar-refractivity contribution in [2.24, 2.45) is 5.92 Å². The lowest BCUT2D eigenvalue weighted by Gasteiger charge is -2.16. The van der Waals surface area contributed by atoms with E-state index in [-0.39, 0.29) is 18.8 Å². The van der Waals surface area contributed by atoms with E-state index >= 15 is 0 Å². The molecule has 0 saturated carbocycles. The molecular weight excluding hydrogens is 264 g/mol. The highest BCUT2D eigenvalue weighted by atomic mass is 16.6. The van der Waals surface area contributed by atoms with E-state index in [9.17, 15) is 15.2 Å². The van der Waals surface area contributed by atoms with Gasteiger partial charge < -0.3 is 15.5 Å². The first-order chi connectivity index (χ1) is 9.56. The lowest BCUT2D eigenvalue weighted by atomic mass is 10.0. The van der Waals surface area contributed by atoms with Crippen molar-refractivity contribution in [3.63, 3.8) is 0 Å². The smallest absolute Gasteiger partial charge is 0.306 e. The van der Waals surface area contributed by atoms with Crippen LogP contribution in [0.2, 0.25) is 0 Å². The molecule has 114 valence electrons. The quantitative estimate of drug-likeness (QED) is 0.417. The molecule has 8 nitrogen and oxygen atoms in total. The molecule has 20 heavy (non-hydrogen) atoms. The first-order valence-electron chi connectivity index (χ1n) is 6.73. The topological polar surface area (TPSA) is 113 Å². The molecule has 3 N–H and O–H groups in total. The highest BCUT2D eigenvalue weighted by Crippen LogP contribution is 2.08. The van der Waals surface area contributed by atoms with Crippen molar-refractivity contribution in [1.82, 2.24) is 15.1 Å². The second kappa shape index (κ2) is 8.62. The molecule has 1 heterocycles. The van der Waals surface area contributed by atoms with Gasteiger partial charge in [0.1, 0.15) is 12.4 Å². The van der Waals surface area contributed by atoms with Gasteiger partial charge in [0.05, 0.1) is 17.6 Å². The van der Waals surface area contributed by atoms with Gasteiger partial charge in [-0.05, 0) is 18.9 Å². The molecule has 0 saturated heterocycles. The number of hydrogen-bond acceptors (Lipinski definition) is 6. The van der Waals surface area contributed by atoms with Crippen LogP contribution in [0.1, 0.15) is 19.8 Å². The Morgan fingerprint density at radius 1 is 1.55 bits per heavy atom. The number of nitrogens with one attached hydrogen (secondary N) is 1. The summed E-state index contributed by atoms with van der Waals surface area (Å²) in [5.41, 5.74) is -0.0841. The average molecular weight is 286 g/mol. The summed E-state index contributed by atoms with van der Waals surface area (Å²) < 4.78 is 1.36.